The molecule has 6 nitrogen and oxygen atoms in total. The lowest BCUT2D eigenvalue weighted by atomic mass is 10.1. The van der Waals surface area contributed by atoms with Crippen LogP contribution in [-0.4, -0.2) is 40.1 Å². The number of anilines is 1. The standard InChI is InChI=1S/C26H34N4O2/c1-3-4-16-30-24-13-10-21(27-26(31)19-32-22-11-8-20(2)9-12-22)17-23(24)28-25(30)18-29-14-6-5-7-15-29/h8-13,17H,3-7,14-16,18-19H2,1-2H3,(H,27,31). The summed E-state index contributed by atoms with van der Waals surface area (Å²) in [5.74, 6) is 1.64. The zero-order chi connectivity index (χ0) is 22.3. The Kier molecular flexibility index (Phi) is 7.43. The lowest BCUT2D eigenvalue weighted by molar-refractivity contribution is -0.118. The molecule has 1 amide bonds. The van der Waals surface area contributed by atoms with Crippen molar-refractivity contribution in [2.24, 2.45) is 0 Å². The van der Waals surface area contributed by atoms with Gasteiger partial charge in [0.2, 0.25) is 0 Å². The second-order valence-electron chi connectivity index (χ2n) is 8.72. The number of carbonyl (C=O) groups is 1. The van der Waals surface area contributed by atoms with Crippen LogP contribution in [0.25, 0.3) is 11.0 Å². The summed E-state index contributed by atoms with van der Waals surface area (Å²) < 4.78 is 7.96. The molecule has 4 rings (SSSR count). The van der Waals surface area contributed by atoms with E-state index in [-0.39, 0.29) is 12.5 Å². The number of nitrogens with zero attached hydrogens (tertiary/aromatic N) is 3. The van der Waals surface area contributed by atoms with Crippen LogP contribution in [0.5, 0.6) is 5.75 Å². The molecular weight excluding hydrogens is 400 g/mol. The monoisotopic (exact) mass is 434 g/mol. The lowest BCUT2D eigenvalue weighted by Gasteiger charge is -2.26. The van der Waals surface area contributed by atoms with Crippen molar-refractivity contribution in [2.75, 3.05) is 25.0 Å². The van der Waals surface area contributed by atoms with Crippen LogP contribution in [0, 0.1) is 6.92 Å². The molecule has 1 aromatic heterocycles. The van der Waals surface area contributed by atoms with E-state index in [9.17, 15) is 4.79 Å². The topological polar surface area (TPSA) is 59.4 Å². The van der Waals surface area contributed by atoms with E-state index in [4.69, 9.17) is 9.72 Å². The van der Waals surface area contributed by atoms with Gasteiger partial charge in [-0.25, -0.2) is 4.98 Å². The quantitative estimate of drug-likeness (QED) is 0.506. The van der Waals surface area contributed by atoms with Crippen LogP contribution >= 0.6 is 0 Å². The number of aromatic nitrogens is 2. The van der Waals surface area contributed by atoms with Crippen LogP contribution in [0.15, 0.2) is 42.5 Å². The third kappa shape index (κ3) is 5.68. The largest absolute Gasteiger partial charge is 0.484 e. The first-order valence-electron chi connectivity index (χ1n) is 11.8. The molecule has 0 saturated carbocycles. The number of imidazole rings is 1. The molecule has 1 N–H and O–H groups in total. The number of amides is 1. The van der Waals surface area contributed by atoms with Gasteiger partial charge in [-0.2, -0.15) is 0 Å². The number of hydrogen-bond donors (Lipinski definition) is 1. The molecule has 1 saturated heterocycles. The highest BCUT2D eigenvalue weighted by atomic mass is 16.5. The maximum Gasteiger partial charge on any atom is 0.262 e. The first kappa shape index (κ1) is 22.3. The molecule has 0 bridgehead atoms. The van der Waals surface area contributed by atoms with E-state index < -0.39 is 0 Å². The van der Waals surface area contributed by atoms with Crippen molar-refractivity contribution in [1.82, 2.24) is 14.5 Å². The molecule has 1 aliphatic heterocycles. The number of carbonyl (C=O) groups excluding carboxylic acids is 1. The van der Waals surface area contributed by atoms with E-state index in [0.717, 1.165) is 67.1 Å². The predicted octanol–water partition coefficient (Wildman–Crippen LogP) is 5.15. The third-order valence-electron chi connectivity index (χ3n) is 6.05. The summed E-state index contributed by atoms with van der Waals surface area (Å²) in [6.07, 6.45) is 6.16. The van der Waals surface area contributed by atoms with Gasteiger partial charge in [-0.05, 0) is 69.6 Å². The fourth-order valence-electron chi connectivity index (χ4n) is 4.24. The summed E-state index contributed by atoms with van der Waals surface area (Å²) in [4.78, 5) is 19.9. The van der Waals surface area contributed by atoms with Gasteiger partial charge < -0.3 is 14.6 Å². The van der Waals surface area contributed by atoms with Crippen molar-refractivity contribution in [3.05, 3.63) is 53.9 Å². The average Bonchev–Trinajstić information content (AvgIpc) is 3.14. The maximum absolute atomic E-state index is 12.4. The van der Waals surface area contributed by atoms with Crippen LogP contribution < -0.4 is 10.1 Å². The summed E-state index contributed by atoms with van der Waals surface area (Å²) >= 11 is 0. The highest BCUT2D eigenvalue weighted by Gasteiger charge is 2.17. The second kappa shape index (κ2) is 10.6. The minimum atomic E-state index is -0.177. The summed E-state index contributed by atoms with van der Waals surface area (Å²) in [6.45, 7) is 8.39. The van der Waals surface area contributed by atoms with Crippen molar-refractivity contribution in [2.45, 2.75) is 59.0 Å². The molecule has 2 heterocycles. The van der Waals surface area contributed by atoms with E-state index in [1.165, 1.54) is 19.3 Å². The van der Waals surface area contributed by atoms with Crippen LogP contribution in [-0.2, 0) is 17.9 Å². The van der Waals surface area contributed by atoms with Gasteiger partial charge in [0.25, 0.3) is 5.91 Å². The fourth-order valence-corrected chi connectivity index (χ4v) is 4.24. The Morgan fingerprint density at radius 3 is 2.62 bits per heavy atom. The minimum absolute atomic E-state index is 0.0216. The number of piperidine rings is 1. The van der Waals surface area contributed by atoms with Crippen molar-refractivity contribution in [3.8, 4) is 5.75 Å². The number of likely N-dealkylation sites (tertiary alicyclic amines) is 1. The van der Waals surface area contributed by atoms with E-state index in [1.54, 1.807) is 0 Å². The van der Waals surface area contributed by atoms with Crippen molar-refractivity contribution >= 4 is 22.6 Å². The molecule has 0 aliphatic carbocycles. The van der Waals surface area contributed by atoms with Crippen LogP contribution in [0.4, 0.5) is 5.69 Å². The normalized spacial score (nSPS) is 14.6. The molecule has 6 heteroatoms. The van der Waals surface area contributed by atoms with Gasteiger partial charge in [0.15, 0.2) is 6.61 Å². The van der Waals surface area contributed by atoms with Gasteiger partial charge in [-0.15, -0.1) is 0 Å². The molecule has 1 fully saturated rings. The highest BCUT2D eigenvalue weighted by molar-refractivity contribution is 5.94. The number of aryl methyl sites for hydroxylation is 2. The molecule has 32 heavy (non-hydrogen) atoms. The zero-order valence-electron chi connectivity index (χ0n) is 19.3. The summed E-state index contributed by atoms with van der Waals surface area (Å²) in [6, 6.07) is 13.7. The molecule has 1 aliphatic rings. The molecule has 170 valence electrons. The lowest BCUT2D eigenvalue weighted by Crippen LogP contribution is -2.30. The number of ether oxygens (including phenoxy) is 1. The van der Waals surface area contributed by atoms with Gasteiger partial charge in [-0.1, -0.05) is 37.5 Å². The Hall–Kier alpha value is -2.86. The van der Waals surface area contributed by atoms with Crippen LogP contribution in [0.2, 0.25) is 0 Å². The minimum Gasteiger partial charge on any atom is -0.484 e. The molecular formula is C26H34N4O2. The van der Waals surface area contributed by atoms with Crippen molar-refractivity contribution in [1.29, 1.82) is 0 Å². The van der Waals surface area contributed by atoms with Gasteiger partial charge in [0.05, 0.1) is 17.6 Å². The fraction of sp³-hybridized carbons (Fsp3) is 0.462. The average molecular weight is 435 g/mol. The highest BCUT2D eigenvalue weighted by Crippen LogP contribution is 2.23. The Morgan fingerprint density at radius 1 is 1.09 bits per heavy atom. The maximum atomic E-state index is 12.4. The number of unbranched alkanes of at least 4 members (excludes halogenated alkanes) is 1. The third-order valence-corrected chi connectivity index (χ3v) is 6.05. The van der Waals surface area contributed by atoms with E-state index >= 15 is 0 Å². The number of nitrogens with one attached hydrogen (secondary N) is 1. The summed E-state index contributed by atoms with van der Waals surface area (Å²) in [7, 11) is 0. The van der Waals surface area contributed by atoms with Crippen LogP contribution in [0.1, 0.15) is 50.4 Å². The van der Waals surface area contributed by atoms with Crippen molar-refractivity contribution in [3.63, 3.8) is 0 Å². The van der Waals surface area contributed by atoms with E-state index in [2.05, 4.69) is 27.8 Å². The van der Waals surface area contributed by atoms with Gasteiger partial charge in [-0.3, -0.25) is 9.69 Å². The summed E-state index contributed by atoms with van der Waals surface area (Å²) in [5, 5.41) is 2.95. The zero-order valence-corrected chi connectivity index (χ0v) is 19.3. The molecule has 0 atom stereocenters. The van der Waals surface area contributed by atoms with Gasteiger partial charge in [0, 0.05) is 12.2 Å². The van der Waals surface area contributed by atoms with E-state index in [1.807, 2.05) is 43.3 Å². The first-order valence-corrected chi connectivity index (χ1v) is 11.8. The summed E-state index contributed by atoms with van der Waals surface area (Å²) in [5.41, 5.74) is 3.98. The Bertz CT molecular complexity index is 1040. The Balaban J connectivity index is 1.45. The van der Waals surface area contributed by atoms with Crippen LogP contribution in [0.3, 0.4) is 0 Å². The van der Waals surface area contributed by atoms with Gasteiger partial charge in [0.1, 0.15) is 11.6 Å². The van der Waals surface area contributed by atoms with Gasteiger partial charge >= 0.3 is 0 Å². The molecule has 0 unspecified atom stereocenters. The molecule has 0 spiro atoms. The van der Waals surface area contributed by atoms with E-state index in [0.29, 0.717) is 5.75 Å². The predicted molar refractivity (Wildman–Crippen MR) is 129 cm³/mol. The number of fused-ring (bicyclic) bond motifs is 1. The second-order valence-corrected chi connectivity index (χ2v) is 8.72. The number of rotatable bonds is 9. The SMILES string of the molecule is CCCCn1c(CN2CCCCC2)nc2cc(NC(=O)COc3ccc(C)cc3)ccc21. The molecule has 3 aromatic rings. The number of hydrogen-bond acceptors (Lipinski definition) is 4. The smallest absolute Gasteiger partial charge is 0.262 e. The number of benzene rings is 2. The molecule has 2 aromatic carbocycles. The first-order chi connectivity index (χ1) is 15.6. The Labute approximate surface area is 190 Å². The van der Waals surface area contributed by atoms with Crippen molar-refractivity contribution < 1.29 is 9.53 Å². The molecule has 0 radical (unpaired) electrons. The Morgan fingerprint density at radius 2 is 1.88 bits per heavy atom.